The maximum absolute atomic E-state index is 13.2. The van der Waals surface area contributed by atoms with Crippen molar-refractivity contribution >= 4 is 5.91 Å². The fraction of sp³-hybridized carbons (Fsp3) is 0.333. The van der Waals surface area contributed by atoms with Gasteiger partial charge in [-0.1, -0.05) is 17.3 Å². The minimum atomic E-state index is -0.0529. The van der Waals surface area contributed by atoms with Crippen LogP contribution in [0.25, 0.3) is 11.3 Å². The first-order valence-electron chi connectivity index (χ1n) is 9.18. The van der Waals surface area contributed by atoms with E-state index in [0.29, 0.717) is 5.56 Å². The van der Waals surface area contributed by atoms with Crippen LogP contribution in [0.5, 0.6) is 0 Å². The SMILES string of the molecule is Cc1cc([C@@H]2CCCN2C(=O)c2cccc(-c3nc(C)cnc3C)c2)on1. The van der Waals surface area contributed by atoms with Gasteiger partial charge in [0.05, 0.1) is 28.8 Å². The predicted molar refractivity (Wildman–Crippen MR) is 101 cm³/mol. The lowest BCUT2D eigenvalue weighted by atomic mass is 10.0. The topological polar surface area (TPSA) is 72.1 Å². The van der Waals surface area contributed by atoms with E-state index in [1.807, 2.05) is 56.0 Å². The van der Waals surface area contributed by atoms with Crippen molar-refractivity contribution in [3.8, 4) is 11.3 Å². The number of hydrogen-bond acceptors (Lipinski definition) is 5. The molecule has 4 rings (SSSR count). The summed E-state index contributed by atoms with van der Waals surface area (Å²) >= 11 is 0. The molecule has 0 saturated carbocycles. The molecule has 2 aromatic heterocycles. The van der Waals surface area contributed by atoms with Gasteiger partial charge in [-0.3, -0.25) is 9.78 Å². The summed E-state index contributed by atoms with van der Waals surface area (Å²) in [5, 5.41) is 3.97. The molecule has 0 radical (unpaired) electrons. The molecule has 1 fully saturated rings. The van der Waals surface area contributed by atoms with E-state index < -0.39 is 0 Å². The minimum absolute atomic E-state index is 0.00617. The molecule has 27 heavy (non-hydrogen) atoms. The summed E-state index contributed by atoms with van der Waals surface area (Å²) in [5.74, 6) is 0.765. The van der Waals surface area contributed by atoms with E-state index in [4.69, 9.17) is 4.52 Å². The molecular weight excluding hydrogens is 340 g/mol. The molecule has 1 aliphatic heterocycles. The molecule has 0 aliphatic carbocycles. The molecule has 0 bridgehead atoms. The van der Waals surface area contributed by atoms with Gasteiger partial charge in [-0.25, -0.2) is 4.98 Å². The number of aromatic nitrogens is 3. The van der Waals surface area contributed by atoms with E-state index in [2.05, 4.69) is 15.1 Å². The average molecular weight is 362 g/mol. The monoisotopic (exact) mass is 362 g/mol. The number of benzene rings is 1. The van der Waals surface area contributed by atoms with Crippen LogP contribution < -0.4 is 0 Å². The number of nitrogens with zero attached hydrogens (tertiary/aromatic N) is 4. The van der Waals surface area contributed by atoms with Crippen LogP contribution in [0.1, 0.15) is 52.1 Å². The first kappa shape index (κ1) is 17.4. The minimum Gasteiger partial charge on any atom is -0.359 e. The van der Waals surface area contributed by atoms with Crippen LogP contribution in [-0.4, -0.2) is 32.5 Å². The van der Waals surface area contributed by atoms with Crippen LogP contribution in [0.4, 0.5) is 0 Å². The Hall–Kier alpha value is -3.02. The standard InChI is InChI=1S/C21H22N4O2/c1-13-10-19(27-24-13)18-8-5-9-25(18)21(26)17-7-4-6-16(11-17)20-15(3)22-12-14(2)23-20/h4,6-7,10-12,18H,5,8-9H2,1-3H3/t18-/m0/s1. The Morgan fingerprint density at radius 2 is 2.04 bits per heavy atom. The second-order valence-electron chi connectivity index (χ2n) is 7.05. The molecule has 3 aromatic rings. The van der Waals surface area contributed by atoms with Crippen molar-refractivity contribution in [2.45, 2.75) is 39.7 Å². The molecule has 0 spiro atoms. The Balaban J connectivity index is 1.65. The Morgan fingerprint density at radius 3 is 2.81 bits per heavy atom. The van der Waals surface area contributed by atoms with Gasteiger partial charge in [0, 0.05) is 29.9 Å². The zero-order valence-electron chi connectivity index (χ0n) is 15.8. The summed E-state index contributed by atoms with van der Waals surface area (Å²) in [5.41, 5.74) is 4.90. The molecule has 1 aromatic carbocycles. The second kappa shape index (κ2) is 6.95. The molecule has 138 valence electrons. The number of hydrogen-bond donors (Lipinski definition) is 0. The maximum atomic E-state index is 13.2. The van der Waals surface area contributed by atoms with Gasteiger partial charge in [0.2, 0.25) is 0 Å². The Bertz CT molecular complexity index is 995. The van der Waals surface area contributed by atoms with Gasteiger partial charge in [-0.15, -0.1) is 0 Å². The van der Waals surface area contributed by atoms with Gasteiger partial charge in [0.25, 0.3) is 5.91 Å². The van der Waals surface area contributed by atoms with E-state index in [0.717, 1.165) is 53.5 Å². The van der Waals surface area contributed by atoms with Crippen molar-refractivity contribution in [2.75, 3.05) is 6.54 Å². The van der Waals surface area contributed by atoms with Crippen LogP contribution in [-0.2, 0) is 0 Å². The van der Waals surface area contributed by atoms with E-state index in [9.17, 15) is 4.79 Å². The third-order valence-electron chi connectivity index (χ3n) is 4.95. The van der Waals surface area contributed by atoms with Crippen molar-refractivity contribution in [3.63, 3.8) is 0 Å². The molecule has 3 heterocycles. The fourth-order valence-corrected chi connectivity index (χ4v) is 3.62. The molecule has 6 heteroatoms. The highest BCUT2D eigenvalue weighted by Crippen LogP contribution is 2.34. The number of aryl methyl sites for hydroxylation is 3. The van der Waals surface area contributed by atoms with Crippen LogP contribution >= 0.6 is 0 Å². The molecule has 1 aliphatic rings. The Kier molecular flexibility index (Phi) is 4.48. The zero-order valence-corrected chi connectivity index (χ0v) is 15.8. The molecule has 1 amide bonds. The molecule has 0 N–H and O–H groups in total. The van der Waals surface area contributed by atoms with Gasteiger partial charge in [0.1, 0.15) is 0 Å². The van der Waals surface area contributed by atoms with E-state index >= 15 is 0 Å². The second-order valence-corrected chi connectivity index (χ2v) is 7.05. The number of carbonyl (C=O) groups is 1. The first-order valence-corrected chi connectivity index (χ1v) is 9.18. The van der Waals surface area contributed by atoms with Gasteiger partial charge in [-0.05, 0) is 45.7 Å². The molecule has 1 saturated heterocycles. The van der Waals surface area contributed by atoms with Crippen LogP contribution in [0.3, 0.4) is 0 Å². The van der Waals surface area contributed by atoms with Gasteiger partial charge in [0.15, 0.2) is 5.76 Å². The third kappa shape index (κ3) is 3.35. The van der Waals surface area contributed by atoms with Crippen molar-refractivity contribution in [2.24, 2.45) is 0 Å². The smallest absolute Gasteiger partial charge is 0.254 e. The largest absolute Gasteiger partial charge is 0.359 e. The lowest BCUT2D eigenvalue weighted by Crippen LogP contribution is -2.30. The predicted octanol–water partition coefficient (Wildman–Crippen LogP) is 4.03. The maximum Gasteiger partial charge on any atom is 0.254 e. The number of carbonyl (C=O) groups excluding carboxylic acids is 1. The summed E-state index contributed by atoms with van der Waals surface area (Å²) in [6.45, 7) is 6.46. The highest BCUT2D eigenvalue weighted by molar-refractivity contribution is 5.95. The zero-order chi connectivity index (χ0) is 19.0. The number of likely N-dealkylation sites (tertiary alicyclic amines) is 1. The van der Waals surface area contributed by atoms with E-state index in [1.165, 1.54) is 0 Å². The lowest BCUT2D eigenvalue weighted by Gasteiger charge is -2.23. The Morgan fingerprint density at radius 1 is 1.19 bits per heavy atom. The molecule has 0 unspecified atom stereocenters. The van der Waals surface area contributed by atoms with Crippen molar-refractivity contribution in [1.29, 1.82) is 0 Å². The first-order chi connectivity index (χ1) is 13.0. The normalized spacial score (nSPS) is 16.7. The lowest BCUT2D eigenvalue weighted by molar-refractivity contribution is 0.0714. The highest BCUT2D eigenvalue weighted by atomic mass is 16.5. The van der Waals surface area contributed by atoms with Crippen molar-refractivity contribution in [1.82, 2.24) is 20.0 Å². The summed E-state index contributed by atoms with van der Waals surface area (Å²) in [6, 6.07) is 9.48. The van der Waals surface area contributed by atoms with E-state index in [1.54, 1.807) is 6.20 Å². The van der Waals surface area contributed by atoms with Crippen molar-refractivity contribution in [3.05, 3.63) is 64.9 Å². The Labute approximate surface area is 158 Å². The summed E-state index contributed by atoms with van der Waals surface area (Å²) < 4.78 is 5.42. The fourth-order valence-electron chi connectivity index (χ4n) is 3.62. The third-order valence-corrected chi connectivity index (χ3v) is 4.95. The van der Waals surface area contributed by atoms with E-state index in [-0.39, 0.29) is 11.9 Å². The summed E-state index contributed by atoms with van der Waals surface area (Å²) in [4.78, 5) is 24.1. The van der Waals surface area contributed by atoms with Crippen LogP contribution in [0.2, 0.25) is 0 Å². The number of amides is 1. The summed E-state index contributed by atoms with van der Waals surface area (Å²) in [7, 11) is 0. The van der Waals surface area contributed by atoms with Crippen LogP contribution in [0.15, 0.2) is 41.1 Å². The molecule has 1 atom stereocenters. The van der Waals surface area contributed by atoms with Crippen LogP contribution in [0, 0.1) is 20.8 Å². The van der Waals surface area contributed by atoms with Crippen molar-refractivity contribution < 1.29 is 9.32 Å². The highest BCUT2D eigenvalue weighted by Gasteiger charge is 2.33. The quantitative estimate of drug-likeness (QED) is 0.703. The molecular formula is C21H22N4O2. The average Bonchev–Trinajstić information content (AvgIpc) is 3.32. The number of rotatable bonds is 3. The summed E-state index contributed by atoms with van der Waals surface area (Å²) in [6.07, 6.45) is 3.60. The van der Waals surface area contributed by atoms with Gasteiger partial charge in [-0.2, -0.15) is 0 Å². The van der Waals surface area contributed by atoms with Gasteiger partial charge >= 0.3 is 0 Å². The molecule has 6 nitrogen and oxygen atoms in total. The van der Waals surface area contributed by atoms with Gasteiger partial charge < -0.3 is 9.42 Å².